The van der Waals surface area contributed by atoms with Crippen molar-refractivity contribution in [3.8, 4) is 39.8 Å². The van der Waals surface area contributed by atoms with E-state index in [0.29, 0.717) is 17.8 Å². The molecule has 3 aromatic carbocycles. The van der Waals surface area contributed by atoms with Crippen LogP contribution in [0.25, 0.3) is 22.5 Å². The summed E-state index contributed by atoms with van der Waals surface area (Å²) in [5.41, 5.74) is 3.76. The Labute approximate surface area is 193 Å². The van der Waals surface area contributed by atoms with Crippen LogP contribution in [0.4, 0.5) is 17.6 Å². The highest BCUT2D eigenvalue weighted by molar-refractivity contribution is 5.69. The van der Waals surface area contributed by atoms with Crippen molar-refractivity contribution in [1.29, 1.82) is 0 Å². The van der Waals surface area contributed by atoms with E-state index in [1.54, 1.807) is 36.1 Å². The van der Waals surface area contributed by atoms with Gasteiger partial charge in [-0.05, 0) is 72.3 Å². The van der Waals surface area contributed by atoms with Crippen LogP contribution in [0.5, 0.6) is 17.2 Å². The zero-order valence-corrected chi connectivity index (χ0v) is 18.0. The van der Waals surface area contributed by atoms with Crippen molar-refractivity contribution < 1.29 is 31.8 Å². The molecule has 0 aliphatic carbocycles. The Balaban J connectivity index is 1.68. The van der Waals surface area contributed by atoms with Crippen LogP contribution in [-0.4, -0.2) is 30.1 Å². The molecule has 0 amide bonds. The fraction of sp³-hybridized carbons (Fsp3) is 0.160. The number of aromatic nitrogens is 2. The maximum atomic E-state index is 12.5. The number of hydrogen-bond donors (Lipinski definition) is 0. The molecule has 0 radical (unpaired) electrons. The van der Waals surface area contributed by atoms with Gasteiger partial charge >= 0.3 is 13.2 Å². The Bertz CT molecular complexity index is 1210. The zero-order valence-electron chi connectivity index (χ0n) is 18.0. The molecule has 0 fully saturated rings. The van der Waals surface area contributed by atoms with Gasteiger partial charge in [-0.3, -0.25) is 4.68 Å². The fourth-order valence-corrected chi connectivity index (χ4v) is 3.43. The minimum Gasteiger partial charge on any atom is -0.497 e. The first-order chi connectivity index (χ1) is 16.4. The summed E-state index contributed by atoms with van der Waals surface area (Å²) in [6.45, 7) is -5.38. The van der Waals surface area contributed by atoms with Crippen molar-refractivity contribution in [3.63, 3.8) is 0 Å². The number of ether oxygens (including phenoxy) is 3. The smallest absolute Gasteiger partial charge is 0.387 e. The fourth-order valence-electron chi connectivity index (χ4n) is 3.43. The lowest BCUT2D eigenvalue weighted by molar-refractivity contribution is -0.0505. The van der Waals surface area contributed by atoms with Gasteiger partial charge in [0.25, 0.3) is 0 Å². The van der Waals surface area contributed by atoms with E-state index in [2.05, 4.69) is 9.47 Å². The summed E-state index contributed by atoms with van der Waals surface area (Å²) >= 11 is 0. The third-order valence-electron chi connectivity index (χ3n) is 5.02. The molecule has 4 rings (SSSR count). The van der Waals surface area contributed by atoms with Crippen molar-refractivity contribution in [3.05, 3.63) is 84.4 Å². The van der Waals surface area contributed by atoms with E-state index in [9.17, 15) is 17.6 Å². The standard InChI is InChI=1S/C25H20F4N2O3/c1-32-19-8-2-16(3-9-19)15-31-23(18-6-12-21(13-7-18)34-25(28)29)14-22(30-31)17-4-10-20(11-5-17)33-24(26)27/h2-14,24-25H,15H2,1H3. The summed E-state index contributed by atoms with van der Waals surface area (Å²) in [4.78, 5) is 0. The molecule has 34 heavy (non-hydrogen) atoms. The number of methoxy groups -OCH3 is 1. The topological polar surface area (TPSA) is 45.5 Å². The summed E-state index contributed by atoms with van der Waals surface area (Å²) in [6.07, 6.45) is 0. The predicted molar refractivity (Wildman–Crippen MR) is 118 cm³/mol. The van der Waals surface area contributed by atoms with E-state index in [1.165, 1.54) is 24.3 Å². The van der Waals surface area contributed by atoms with E-state index in [0.717, 1.165) is 22.6 Å². The van der Waals surface area contributed by atoms with Gasteiger partial charge in [-0.1, -0.05) is 12.1 Å². The largest absolute Gasteiger partial charge is 0.497 e. The van der Waals surface area contributed by atoms with Gasteiger partial charge in [0.1, 0.15) is 17.2 Å². The molecular formula is C25H20F4N2O3. The first-order valence-corrected chi connectivity index (χ1v) is 10.2. The zero-order chi connectivity index (χ0) is 24.1. The van der Waals surface area contributed by atoms with Crippen molar-refractivity contribution >= 4 is 0 Å². The lowest BCUT2D eigenvalue weighted by Crippen LogP contribution is -2.04. The van der Waals surface area contributed by atoms with Crippen LogP contribution in [0.1, 0.15) is 5.56 Å². The molecule has 176 valence electrons. The summed E-state index contributed by atoms with van der Waals surface area (Å²) in [5.74, 6) is 0.826. The molecule has 1 aromatic heterocycles. The third-order valence-corrected chi connectivity index (χ3v) is 5.02. The van der Waals surface area contributed by atoms with Crippen molar-refractivity contribution in [2.75, 3.05) is 7.11 Å². The molecule has 0 bridgehead atoms. The first kappa shape index (κ1) is 23.2. The van der Waals surface area contributed by atoms with E-state index < -0.39 is 13.2 Å². The summed E-state index contributed by atoms with van der Waals surface area (Å²) in [5, 5.41) is 4.70. The van der Waals surface area contributed by atoms with Gasteiger partial charge in [0.05, 0.1) is 25.0 Å². The highest BCUT2D eigenvalue weighted by Crippen LogP contribution is 2.30. The van der Waals surface area contributed by atoms with Gasteiger partial charge in [0.15, 0.2) is 0 Å². The average Bonchev–Trinajstić information content (AvgIpc) is 3.23. The van der Waals surface area contributed by atoms with Crippen molar-refractivity contribution in [2.45, 2.75) is 19.8 Å². The van der Waals surface area contributed by atoms with Crippen LogP contribution >= 0.6 is 0 Å². The van der Waals surface area contributed by atoms with Gasteiger partial charge < -0.3 is 14.2 Å². The number of alkyl halides is 4. The highest BCUT2D eigenvalue weighted by Gasteiger charge is 2.14. The number of nitrogens with zero attached hydrogens (tertiary/aromatic N) is 2. The average molecular weight is 472 g/mol. The number of benzene rings is 3. The molecule has 9 heteroatoms. The van der Waals surface area contributed by atoms with Crippen molar-refractivity contribution in [2.24, 2.45) is 0 Å². The molecule has 0 saturated carbocycles. The number of rotatable bonds is 9. The second-order valence-electron chi connectivity index (χ2n) is 7.23. The minimum absolute atomic E-state index is 0.0475. The summed E-state index contributed by atoms with van der Waals surface area (Å²) in [6, 6.07) is 21.8. The van der Waals surface area contributed by atoms with E-state index in [-0.39, 0.29) is 11.5 Å². The molecule has 0 aliphatic heterocycles. The van der Waals surface area contributed by atoms with Crippen LogP contribution in [0.2, 0.25) is 0 Å². The van der Waals surface area contributed by atoms with E-state index >= 15 is 0 Å². The highest BCUT2D eigenvalue weighted by atomic mass is 19.3. The maximum Gasteiger partial charge on any atom is 0.387 e. The van der Waals surface area contributed by atoms with Gasteiger partial charge in [0, 0.05) is 11.1 Å². The summed E-state index contributed by atoms with van der Waals surface area (Å²) < 4.78 is 65.7. The molecule has 0 spiro atoms. The number of halogens is 4. The normalized spacial score (nSPS) is 11.1. The van der Waals surface area contributed by atoms with Gasteiger partial charge in [-0.15, -0.1) is 0 Å². The number of hydrogen-bond acceptors (Lipinski definition) is 4. The third kappa shape index (κ3) is 5.67. The van der Waals surface area contributed by atoms with Crippen LogP contribution in [0, 0.1) is 0 Å². The summed E-state index contributed by atoms with van der Waals surface area (Å²) in [7, 11) is 1.59. The predicted octanol–water partition coefficient (Wildman–Crippen LogP) is 6.48. The van der Waals surface area contributed by atoms with Crippen LogP contribution in [-0.2, 0) is 6.54 Å². The van der Waals surface area contributed by atoms with Crippen molar-refractivity contribution in [1.82, 2.24) is 9.78 Å². The Morgan fingerprint density at radius 1 is 0.706 bits per heavy atom. The first-order valence-electron chi connectivity index (χ1n) is 10.2. The van der Waals surface area contributed by atoms with Crippen LogP contribution < -0.4 is 14.2 Å². The SMILES string of the molecule is COc1ccc(Cn2nc(-c3ccc(OC(F)F)cc3)cc2-c2ccc(OC(F)F)cc2)cc1. The maximum absolute atomic E-state index is 12.5. The molecule has 4 aromatic rings. The van der Waals surface area contributed by atoms with Crippen LogP contribution in [0.3, 0.4) is 0 Å². The Kier molecular flexibility index (Phi) is 7.01. The monoisotopic (exact) mass is 472 g/mol. The quantitative estimate of drug-likeness (QED) is 0.262. The molecule has 0 saturated heterocycles. The van der Waals surface area contributed by atoms with Crippen LogP contribution in [0.15, 0.2) is 78.9 Å². The van der Waals surface area contributed by atoms with Gasteiger partial charge in [0.2, 0.25) is 0 Å². The molecule has 1 heterocycles. The second-order valence-corrected chi connectivity index (χ2v) is 7.23. The Morgan fingerprint density at radius 3 is 1.71 bits per heavy atom. The Morgan fingerprint density at radius 2 is 1.21 bits per heavy atom. The lowest BCUT2D eigenvalue weighted by Gasteiger charge is -2.10. The second kappa shape index (κ2) is 10.3. The van der Waals surface area contributed by atoms with E-state index in [4.69, 9.17) is 9.84 Å². The van der Waals surface area contributed by atoms with Gasteiger partial charge in [-0.2, -0.15) is 22.7 Å². The molecule has 0 N–H and O–H groups in total. The molecule has 5 nitrogen and oxygen atoms in total. The lowest BCUT2D eigenvalue weighted by atomic mass is 10.1. The van der Waals surface area contributed by atoms with E-state index in [1.807, 2.05) is 30.3 Å². The molecule has 0 unspecified atom stereocenters. The van der Waals surface area contributed by atoms with Gasteiger partial charge in [-0.25, -0.2) is 0 Å². The molecular weight excluding hydrogens is 452 g/mol. The molecule has 0 atom stereocenters. The Hall–Kier alpha value is -4.01. The molecule has 0 aliphatic rings. The minimum atomic E-state index is -2.91.